The van der Waals surface area contributed by atoms with Crippen LogP contribution < -0.4 is 17.2 Å². The zero-order valence-corrected chi connectivity index (χ0v) is 56.2. The quantitative estimate of drug-likeness (QED) is 0.0262. The minimum Gasteiger partial charge on any atom is -0.369 e. The first-order valence-electron chi connectivity index (χ1n) is 31.7. The van der Waals surface area contributed by atoms with E-state index in [1.807, 2.05) is 0 Å². The van der Waals surface area contributed by atoms with Crippen LogP contribution in [0.3, 0.4) is 0 Å². The highest BCUT2D eigenvalue weighted by Gasteiger charge is 2.53. The van der Waals surface area contributed by atoms with E-state index in [0.29, 0.717) is 33.4 Å². The number of rotatable bonds is 21. The number of amides is 3. The van der Waals surface area contributed by atoms with Gasteiger partial charge < -0.3 is 30.9 Å². The minimum atomic E-state index is -1.70. The lowest BCUT2D eigenvalue weighted by Gasteiger charge is -2.25. The smallest absolute Gasteiger partial charge is 0.266 e. The molecular formula is C73H70BF9N15O6. The second-order valence-electron chi connectivity index (χ2n) is 23.7. The van der Waals surface area contributed by atoms with E-state index >= 15 is 0 Å². The Labute approximate surface area is 593 Å². The summed E-state index contributed by atoms with van der Waals surface area (Å²) in [6, 6.07) is 26.2. The van der Waals surface area contributed by atoms with Crippen molar-refractivity contribution in [2.45, 2.75) is 83.7 Å². The number of Topliss-reactive ketones (excluding diaryl/α,β-unsaturated/α-hetero) is 3. The summed E-state index contributed by atoms with van der Waals surface area (Å²) in [6.45, 7) is 2.64. The van der Waals surface area contributed by atoms with Crippen molar-refractivity contribution in [2.24, 2.45) is 32.2 Å². The van der Waals surface area contributed by atoms with E-state index in [1.165, 1.54) is 105 Å². The summed E-state index contributed by atoms with van der Waals surface area (Å²) in [7, 11) is 4.37. The Kier molecular flexibility index (Phi) is 23.7. The zero-order valence-electron chi connectivity index (χ0n) is 56.2. The average Bonchev–Trinajstić information content (AvgIpc) is 1.56. The molecule has 539 valence electrons. The molecule has 21 nitrogen and oxygen atoms in total. The second kappa shape index (κ2) is 31.6. The van der Waals surface area contributed by atoms with Gasteiger partial charge in [0.15, 0.2) is 51.8 Å². The van der Waals surface area contributed by atoms with Gasteiger partial charge in [-0.25, -0.2) is 56.3 Å². The molecule has 104 heavy (non-hydrogen) atoms. The number of aryl methyl sites for hydroxylation is 3. The molecule has 3 radical (unpaired) electrons. The van der Waals surface area contributed by atoms with Gasteiger partial charge in [-0.15, -0.1) is 0 Å². The number of carbonyl (C=O) groups excluding carboxylic acids is 6. The van der Waals surface area contributed by atoms with Crippen LogP contribution >= 0.6 is 0 Å². The summed E-state index contributed by atoms with van der Waals surface area (Å²) in [4.78, 5) is 105. The molecule has 12 rings (SSSR count). The van der Waals surface area contributed by atoms with E-state index in [0.717, 1.165) is 36.8 Å². The van der Waals surface area contributed by atoms with E-state index in [1.54, 1.807) is 75.4 Å². The minimum absolute atomic E-state index is 0. The number of carbonyl (C=O) groups is 6. The summed E-state index contributed by atoms with van der Waals surface area (Å²) >= 11 is 0. The van der Waals surface area contributed by atoms with Crippen LogP contribution in [0, 0.1) is 35.3 Å². The molecule has 0 bridgehead atoms. The maximum Gasteiger partial charge on any atom is 0.266 e. The molecule has 3 aromatic carbocycles. The summed E-state index contributed by atoms with van der Waals surface area (Å²) in [5.74, 6) is -7.19. The third-order valence-electron chi connectivity index (χ3n) is 17.7. The molecule has 0 saturated heterocycles. The number of pyridine rings is 3. The third-order valence-corrected chi connectivity index (χ3v) is 17.7. The normalized spacial score (nSPS) is 17.5. The molecule has 0 saturated carbocycles. The van der Waals surface area contributed by atoms with Gasteiger partial charge in [0.25, 0.3) is 17.7 Å². The van der Waals surface area contributed by atoms with E-state index in [9.17, 15) is 68.3 Å². The number of aromatic nitrogens is 6. The number of nitrogens with zero attached hydrogens (tertiary/aromatic N) is 12. The highest BCUT2D eigenvalue weighted by Crippen LogP contribution is 2.45. The van der Waals surface area contributed by atoms with Gasteiger partial charge in [-0.3, -0.25) is 43.5 Å². The number of hydrogen-bond donors (Lipinski definition) is 3. The summed E-state index contributed by atoms with van der Waals surface area (Å²) < 4.78 is 128. The standard InChI is InChI=1S/3C24H22F3N5O2.CH4.B/c3*1-3-20(33)19-10-16(13-32(19)8-7-25)24(22(34)31(2)23(28)30-24)15-6-4-5-14(9-15)18-11-17(26)12-29-21(18)27;;/h3*4-6,9-13H,3,7-8H2,1-2H3,(H2,28,30);1H4;/t2*24-;;;/m10.../s1. The molecule has 0 fully saturated rings. The van der Waals surface area contributed by atoms with Crippen molar-refractivity contribution >= 4 is 61.4 Å². The molecular weight excluding hydrogens is 1360 g/mol. The van der Waals surface area contributed by atoms with Crippen LogP contribution in [0.5, 0.6) is 0 Å². The van der Waals surface area contributed by atoms with E-state index in [-0.39, 0.29) is 140 Å². The van der Waals surface area contributed by atoms with E-state index in [2.05, 4.69) is 29.9 Å². The van der Waals surface area contributed by atoms with Gasteiger partial charge in [-0.1, -0.05) is 82.8 Å². The maximum atomic E-state index is 14.4. The van der Waals surface area contributed by atoms with Crippen LogP contribution in [0.1, 0.15) is 112 Å². The van der Waals surface area contributed by atoms with Gasteiger partial charge in [-0.05, 0) is 88.0 Å². The molecule has 6 N–H and O–H groups in total. The lowest BCUT2D eigenvalue weighted by atomic mass is 9.83. The monoisotopic (exact) mass is 1430 g/mol. The fraction of sp³-hybridized carbons (Fsp3) is 0.260. The predicted molar refractivity (Wildman–Crippen MR) is 372 cm³/mol. The van der Waals surface area contributed by atoms with E-state index in [4.69, 9.17) is 17.2 Å². The molecule has 9 aromatic rings. The Morgan fingerprint density at radius 2 is 0.654 bits per heavy atom. The van der Waals surface area contributed by atoms with Gasteiger partial charge in [-0.2, -0.15) is 13.2 Å². The van der Waals surface area contributed by atoms with Gasteiger partial charge in [0.2, 0.25) is 17.8 Å². The molecule has 0 aliphatic carbocycles. The fourth-order valence-electron chi connectivity index (χ4n) is 12.4. The summed E-state index contributed by atoms with van der Waals surface area (Å²) in [5.41, 5.74) is 16.0. The lowest BCUT2D eigenvalue weighted by molar-refractivity contribution is -0.130. The van der Waals surface area contributed by atoms with Crippen molar-refractivity contribution < 1.29 is 68.3 Å². The Bertz CT molecular complexity index is 4450. The van der Waals surface area contributed by atoms with Gasteiger partial charge in [0, 0.05) is 101 Å². The molecule has 0 spiro atoms. The Morgan fingerprint density at radius 1 is 0.404 bits per heavy atom. The van der Waals surface area contributed by atoms with Crippen molar-refractivity contribution in [3.8, 4) is 33.4 Å². The van der Waals surface area contributed by atoms with Crippen LogP contribution in [-0.4, -0.2) is 146 Å². The zero-order chi connectivity index (χ0) is 73.9. The Hall–Kier alpha value is -11.8. The number of halogens is 9. The van der Waals surface area contributed by atoms with Gasteiger partial charge in [0.1, 0.15) is 37.5 Å². The summed E-state index contributed by atoms with van der Waals surface area (Å²) in [5, 5.41) is 0. The molecule has 6 aromatic heterocycles. The molecule has 3 atom stereocenters. The molecule has 3 aliphatic heterocycles. The molecule has 3 amide bonds. The predicted octanol–water partition coefficient (Wildman–Crippen LogP) is 10.5. The number of alkyl halides is 3. The number of hydrogen-bond acceptors (Lipinski definition) is 15. The Balaban J connectivity index is 0.000000196. The highest BCUT2D eigenvalue weighted by molar-refractivity contribution is 6.11. The largest absolute Gasteiger partial charge is 0.369 e. The SMILES string of the molecule is C.CCC(=O)c1cc(C2(c3cccc(-c4cc(F)cnc4F)c3)N=C(N)N(C)C2=O)cn1CCF.CCC(=O)c1cc([C@@]2(c3cccc(-c4cc(F)cnc4F)c3)N=C(N)N(C)C2=O)cn1CCF.CCC(=O)c1cc([C@]2(c3cccc(-c4cc(F)cnc4F)c3)N=C(N)N(C)C2=O)cn1CCF.[B]. The van der Waals surface area contributed by atoms with Crippen molar-refractivity contribution in [3.05, 3.63) is 232 Å². The van der Waals surface area contributed by atoms with Crippen LogP contribution in [-0.2, 0) is 50.6 Å². The first-order valence-corrected chi connectivity index (χ1v) is 31.7. The van der Waals surface area contributed by atoms with Gasteiger partial charge in [0.05, 0.1) is 55.3 Å². The first-order chi connectivity index (χ1) is 48.7. The van der Waals surface area contributed by atoms with Crippen LogP contribution in [0.25, 0.3) is 33.4 Å². The fourth-order valence-corrected chi connectivity index (χ4v) is 12.4. The molecule has 31 heteroatoms. The number of guanidine groups is 3. The number of aliphatic imine (C=N–C) groups is 3. The maximum absolute atomic E-state index is 14.4. The van der Waals surface area contributed by atoms with Crippen LogP contribution in [0.15, 0.2) is 161 Å². The second-order valence-corrected chi connectivity index (χ2v) is 23.7. The topological polar surface area (TPSA) is 281 Å². The molecule has 3 aliphatic rings. The van der Waals surface area contributed by atoms with Crippen molar-refractivity contribution in [1.82, 2.24) is 43.4 Å². The van der Waals surface area contributed by atoms with Crippen LogP contribution in [0.2, 0.25) is 0 Å². The molecule has 1 unspecified atom stereocenters. The number of nitrogens with two attached hydrogens (primary N) is 3. The summed E-state index contributed by atoms with van der Waals surface area (Å²) in [6.07, 6.45) is 7.38. The van der Waals surface area contributed by atoms with Crippen LogP contribution in [0.4, 0.5) is 39.5 Å². The van der Waals surface area contributed by atoms with Crippen molar-refractivity contribution in [1.29, 1.82) is 0 Å². The number of likely N-dealkylation sites (N-methyl/N-ethyl adjacent to an activating group) is 3. The van der Waals surface area contributed by atoms with E-state index < -0.39 is 89.7 Å². The highest BCUT2D eigenvalue weighted by atomic mass is 19.2. The average molecular weight is 1440 g/mol. The lowest BCUT2D eigenvalue weighted by Crippen LogP contribution is -2.41. The Morgan fingerprint density at radius 3 is 0.865 bits per heavy atom. The molecule has 9 heterocycles. The number of benzene rings is 3. The third kappa shape index (κ3) is 14.2. The van der Waals surface area contributed by atoms with Crippen molar-refractivity contribution in [2.75, 3.05) is 41.2 Å². The first kappa shape index (κ1) is 77.9. The van der Waals surface area contributed by atoms with Gasteiger partial charge >= 0.3 is 0 Å². The number of ketones is 3. The van der Waals surface area contributed by atoms with Crippen molar-refractivity contribution in [3.63, 3.8) is 0 Å².